The van der Waals surface area contributed by atoms with Gasteiger partial charge in [0, 0.05) is 17.7 Å². The normalized spacial score (nSPS) is 16.4. The Labute approximate surface area is 223 Å². The lowest BCUT2D eigenvalue weighted by molar-refractivity contribution is -0.128. The van der Waals surface area contributed by atoms with Crippen LogP contribution in [-0.4, -0.2) is 40.5 Å². The zero-order valence-corrected chi connectivity index (χ0v) is 21.3. The third-order valence-electron chi connectivity index (χ3n) is 5.67. The van der Waals surface area contributed by atoms with Crippen LogP contribution in [0.4, 0.5) is 5.69 Å². The van der Waals surface area contributed by atoms with Crippen molar-refractivity contribution in [3.8, 4) is 17.1 Å². The molecule has 0 bridgehead atoms. The minimum atomic E-state index is -0.648. The molecule has 38 heavy (non-hydrogen) atoms. The topological polar surface area (TPSA) is 110 Å². The summed E-state index contributed by atoms with van der Waals surface area (Å²) in [6, 6.07) is 23.9. The molecule has 1 unspecified atom stereocenters. The molecule has 2 amide bonds. The Morgan fingerprint density at radius 1 is 1.08 bits per heavy atom. The number of rotatable bonds is 9. The number of carbonyl (C=O) groups is 2. The monoisotopic (exact) mass is 528 g/mol. The average molecular weight is 529 g/mol. The van der Waals surface area contributed by atoms with Crippen LogP contribution in [0.5, 0.6) is 5.75 Å². The zero-order chi connectivity index (χ0) is 26.3. The van der Waals surface area contributed by atoms with Gasteiger partial charge in [-0.2, -0.15) is 5.10 Å². The minimum Gasteiger partial charge on any atom is -0.497 e. The molecule has 1 aliphatic rings. The van der Waals surface area contributed by atoms with Gasteiger partial charge in [-0.15, -0.1) is 5.10 Å². The molecule has 0 radical (unpaired) electrons. The van der Waals surface area contributed by atoms with E-state index in [-0.39, 0.29) is 24.8 Å². The fourth-order valence-corrected chi connectivity index (χ4v) is 4.88. The van der Waals surface area contributed by atoms with Crippen molar-refractivity contribution >= 4 is 40.6 Å². The zero-order valence-electron chi connectivity index (χ0n) is 20.4. The van der Waals surface area contributed by atoms with Crippen molar-refractivity contribution in [2.45, 2.75) is 18.2 Å². The average Bonchev–Trinajstić information content (AvgIpc) is 3.69. The van der Waals surface area contributed by atoms with Crippen molar-refractivity contribution in [2.24, 2.45) is 10.2 Å². The summed E-state index contributed by atoms with van der Waals surface area (Å²) in [6.07, 6.45) is 3.00. The smallest absolute Gasteiger partial charge is 0.243 e. The third kappa shape index (κ3) is 6.04. The Kier molecular flexibility index (Phi) is 7.70. The van der Waals surface area contributed by atoms with Crippen LogP contribution in [0.3, 0.4) is 0 Å². The molecule has 0 spiro atoms. The van der Waals surface area contributed by atoms with Gasteiger partial charge in [0.15, 0.2) is 5.17 Å². The van der Waals surface area contributed by atoms with E-state index in [1.54, 1.807) is 55.8 Å². The van der Waals surface area contributed by atoms with Gasteiger partial charge in [0.25, 0.3) is 0 Å². The summed E-state index contributed by atoms with van der Waals surface area (Å²) in [5.41, 5.74) is 1.57. The molecule has 192 valence electrons. The van der Waals surface area contributed by atoms with E-state index in [1.165, 1.54) is 22.9 Å². The van der Waals surface area contributed by atoms with E-state index in [1.807, 2.05) is 36.4 Å². The van der Waals surface area contributed by atoms with E-state index in [2.05, 4.69) is 15.5 Å². The van der Waals surface area contributed by atoms with Crippen molar-refractivity contribution < 1.29 is 23.2 Å². The fraction of sp³-hybridized carbons (Fsp3) is 0.143. The number of benzene rings is 2. The number of thioether (sulfide) groups is 1. The summed E-state index contributed by atoms with van der Waals surface area (Å²) >= 11 is 1.19. The first-order valence-electron chi connectivity index (χ1n) is 11.8. The molecular formula is C28H24N4O5S. The summed E-state index contributed by atoms with van der Waals surface area (Å²) in [5, 5.41) is 11.0. The van der Waals surface area contributed by atoms with Crippen LogP contribution in [0, 0.1) is 0 Å². The molecule has 5 rings (SSSR count). The van der Waals surface area contributed by atoms with Gasteiger partial charge in [0.05, 0.1) is 26.1 Å². The van der Waals surface area contributed by atoms with Gasteiger partial charge in [-0.1, -0.05) is 42.1 Å². The van der Waals surface area contributed by atoms with E-state index in [0.29, 0.717) is 33.9 Å². The first kappa shape index (κ1) is 25.1. The number of hydrogen-bond acceptors (Lipinski definition) is 8. The van der Waals surface area contributed by atoms with E-state index in [9.17, 15) is 9.59 Å². The predicted octanol–water partition coefficient (Wildman–Crippen LogP) is 5.41. The molecule has 1 saturated heterocycles. The summed E-state index contributed by atoms with van der Waals surface area (Å²) < 4.78 is 16.4. The number of methoxy groups -OCH3 is 1. The molecule has 1 fully saturated rings. The maximum atomic E-state index is 13.2. The molecule has 2 aromatic heterocycles. The Balaban J connectivity index is 1.28. The minimum absolute atomic E-state index is 0.0223. The maximum Gasteiger partial charge on any atom is 0.243 e. The first-order valence-corrected chi connectivity index (χ1v) is 12.7. The number of carbonyl (C=O) groups excluding carboxylic acids is 2. The molecule has 10 heteroatoms. The third-order valence-corrected chi connectivity index (χ3v) is 6.84. The van der Waals surface area contributed by atoms with Crippen molar-refractivity contribution in [1.82, 2.24) is 4.90 Å². The Morgan fingerprint density at radius 3 is 2.63 bits per heavy atom. The lowest BCUT2D eigenvalue weighted by atomic mass is 10.2. The molecule has 1 atom stereocenters. The number of nitrogens with one attached hydrogen (secondary N) is 1. The first-order chi connectivity index (χ1) is 18.6. The van der Waals surface area contributed by atoms with Gasteiger partial charge in [-0.05, 0) is 48.5 Å². The number of ether oxygens (including phenoxy) is 1. The standard InChI is InChI=1S/C28H24N4O5S/c1-35-21-11-9-20(10-12-21)30-26(33)16-25-27(34)32(18-23-8-5-15-36-23)28(38-25)31-29-17-22-13-14-24(37-22)19-6-3-2-4-7-19/h2-15,17,25H,16,18H2,1H3,(H,30,33)/b29-17+,31-28-. The molecule has 3 heterocycles. The number of nitrogens with zero attached hydrogens (tertiary/aromatic N) is 3. The highest BCUT2D eigenvalue weighted by Crippen LogP contribution is 2.31. The maximum absolute atomic E-state index is 13.2. The summed E-state index contributed by atoms with van der Waals surface area (Å²) in [5.74, 6) is 1.99. The van der Waals surface area contributed by atoms with E-state index >= 15 is 0 Å². The second-order valence-corrected chi connectivity index (χ2v) is 9.46. The quantitative estimate of drug-likeness (QED) is 0.230. The van der Waals surface area contributed by atoms with Crippen molar-refractivity contribution in [3.63, 3.8) is 0 Å². The van der Waals surface area contributed by atoms with Crippen molar-refractivity contribution in [2.75, 3.05) is 12.4 Å². The molecule has 1 N–H and O–H groups in total. The SMILES string of the molecule is COc1ccc(NC(=O)CC2S/C(=N\N=C\c3ccc(-c4ccccc4)o3)N(Cc3ccco3)C2=O)cc1. The molecular weight excluding hydrogens is 504 g/mol. The number of amidine groups is 1. The second kappa shape index (κ2) is 11.7. The predicted molar refractivity (Wildman–Crippen MR) is 146 cm³/mol. The molecule has 0 aliphatic carbocycles. The van der Waals surface area contributed by atoms with Gasteiger partial charge in [-0.3, -0.25) is 14.5 Å². The van der Waals surface area contributed by atoms with Gasteiger partial charge >= 0.3 is 0 Å². The highest BCUT2D eigenvalue weighted by Gasteiger charge is 2.39. The van der Waals surface area contributed by atoms with E-state index in [4.69, 9.17) is 13.6 Å². The van der Waals surface area contributed by atoms with Crippen LogP contribution in [0.2, 0.25) is 0 Å². The summed E-state index contributed by atoms with van der Waals surface area (Å²) in [7, 11) is 1.57. The number of hydrogen-bond donors (Lipinski definition) is 1. The van der Waals surface area contributed by atoms with E-state index in [0.717, 1.165) is 5.56 Å². The van der Waals surface area contributed by atoms with Crippen LogP contribution in [0.1, 0.15) is 17.9 Å². The molecule has 4 aromatic rings. The van der Waals surface area contributed by atoms with Gasteiger partial charge < -0.3 is 18.9 Å². The molecule has 1 aliphatic heterocycles. The van der Waals surface area contributed by atoms with Gasteiger partial charge in [0.1, 0.15) is 28.3 Å². The van der Waals surface area contributed by atoms with Crippen LogP contribution in [-0.2, 0) is 16.1 Å². The Hall–Kier alpha value is -4.57. The molecule has 0 saturated carbocycles. The highest BCUT2D eigenvalue weighted by atomic mass is 32.2. The highest BCUT2D eigenvalue weighted by molar-refractivity contribution is 8.15. The number of amides is 2. The number of furan rings is 2. The Morgan fingerprint density at radius 2 is 1.89 bits per heavy atom. The van der Waals surface area contributed by atoms with Crippen LogP contribution >= 0.6 is 11.8 Å². The van der Waals surface area contributed by atoms with Crippen molar-refractivity contribution in [3.05, 3.63) is 96.6 Å². The van der Waals surface area contributed by atoms with Gasteiger partial charge in [-0.25, -0.2) is 0 Å². The summed E-state index contributed by atoms with van der Waals surface area (Å²) in [6.45, 7) is 0.183. The lowest BCUT2D eigenvalue weighted by Gasteiger charge is -2.14. The van der Waals surface area contributed by atoms with Crippen molar-refractivity contribution in [1.29, 1.82) is 0 Å². The fourth-order valence-electron chi connectivity index (χ4n) is 3.79. The van der Waals surface area contributed by atoms with Crippen LogP contribution < -0.4 is 10.1 Å². The lowest BCUT2D eigenvalue weighted by Crippen LogP contribution is -2.33. The number of anilines is 1. The Bertz CT molecular complexity index is 1450. The largest absolute Gasteiger partial charge is 0.497 e. The van der Waals surface area contributed by atoms with Crippen LogP contribution in [0.15, 0.2) is 104 Å². The molecule has 2 aromatic carbocycles. The van der Waals surface area contributed by atoms with E-state index < -0.39 is 5.25 Å². The summed E-state index contributed by atoms with van der Waals surface area (Å²) in [4.78, 5) is 27.4. The van der Waals surface area contributed by atoms with Gasteiger partial charge in [0.2, 0.25) is 11.8 Å². The second-order valence-electron chi connectivity index (χ2n) is 8.29. The molecule has 9 nitrogen and oxygen atoms in total. The van der Waals surface area contributed by atoms with Crippen LogP contribution in [0.25, 0.3) is 11.3 Å².